The highest BCUT2D eigenvalue weighted by Gasteiger charge is 2.48. The molecule has 1 aliphatic heterocycles. The van der Waals surface area contributed by atoms with E-state index in [9.17, 15) is 14.4 Å². The van der Waals surface area contributed by atoms with E-state index in [0.717, 1.165) is 41.9 Å². The van der Waals surface area contributed by atoms with E-state index in [1.165, 1.54) is 4.90 Å². The third kappa shape index (κ3) is 3.72. The molecule has 3 rings (SSSR count). The average Bonchev–Trinajstić information content (AvgIpc) is 3.21. The van der Waals surface area contributed by atoms with Crippen LogP contribution in [0.2, 0.25) is 0 Å². The molecular formula is C19H25N3O4. The van der Waals surface area contributed by atoms with Crippen LogP contribution in [0.1, 0.15) is 38.2 Å². The number of amides is 4. The molecule has 4 amide bonds. The normalized spacial score (nSPS) is 18.5. The van der Waals surface area contributed by atoms with E-state index in [0.29, 0.717) is 13.2 Å². The number of rotatable bonds is 7. The molecular weight excluding hydrogens is 334 g/mol. The minimum Gasteiger partial charge on any atom is -0.494 e. The number of hydrogen-bond donors (Lipinski definition) is 0. The number of ether oxygens (including phenoxy) is 1. The monoisotopic (exact) mass is 359 g/mol. The molecule has 1 aliphatic carbocycles. The second kappa shape index (κ2) is 7.86. The van der Waals surface area contributed by atoms with Crippen LogP contribution in [-0.2, 0) is 16.1 Å². The van der Waals surface area contributed by atoms with Crippen LogP contribution >= 0.6 is 0 Å². The van der Waals surface area contributed by atoms with Gasteiger partial charge in [-0.1, -0.05) is 25.0 Å². The van der Waals surface area contributed by atoms with Crippen LogP contribution < -0.4 is 4.74 Å². The average molecular weight is 359 g/mol. The van der Waals surface area contributed by atoms with Crippen molar-refractivity contribution in [1.82, 2.24) is 14.7 Å². The Morgan fingerprint density at radius 2 is 1.73 bits per heavy atom. The van der Waals surface area contributed by atoms with Gasteiger partial charge in [-0.2, -0.15) is 0 Å². The van der Waals surface area contributed by atoms with E-state index < -0.39 is 17.8 Å². The van der Waals surface area contributed by atoms with Crippen LogP contribution in [0.5, 0.6) is 5.75 Å². The van der Waals surface area contributed by atoms with Gasteiger partial charge in [0.25, 0.3) is 0 Å². The lowest BCUT2D eigenvalue weighted by molar-refractivity contribution is -0.144. The number of benzene rings is 1. The molecule has 7 nitrogen and oxygen atoms in total. The number of urea groups is 1. The van der Waals surface area contributed by atoms with Gasteiger partial charge in [0.2, 0.25) is 0 Å². The first-order valence-electron chi connectivity index (χ1n) is 9.10. The van der Waals surface area contributed by atoms with Gasteiger partial charge in [0.05, 0.1) is 13.3 Å². The van der Waals surface area contributed by atoms with Crippen molar-refractivity contribution >= 4 is 17.8 Å². The van der Waals surface area contributed by atoms with Crippen LogP contribution in [0, 0.1) is 0 Å². The quantitative estimate of drug-likeness (QED) is 0.551. The molecule has 1 aromatic rings. The molecule has 0 radical (unpaired) electrons. The second-order valence-electron chi connectivity index (χ2n) is 6.86. The van der Waals surface area contributed by atoms with Gasteiger partial charge < -0.3 is 4.74 Å². The van der Waals surface area contributed by atoms with Gasteiger partial charge in [-0.05, 0) is 44.5 Å². The Morgan fingerprint density at radius 1 is 1.08 bits per heavy atom. The molecule has 7 heteroatoms. The lowest BCUT2D eigenvalue weighted by Crippen LogP contribution is -2.42. The van der Waals surface area contributed by atoms with Crippen molar-refractivity contribution < 1.29 is 19.1 Å². The van der Waals surface area contributed by atoms with Crippen LogP contribution in [0.4, 0.5) is 4.79 Å². The van der Waals surface area contributed by atoms with Gasteiger partial charge in [-0.3, -0.25) is 19.4 Å². The molecule has 1 saturated carbocycles. The molecule has 1 saturated heterocycles. The van der Waals surface area contributed by atoms with Crippen molar-refractivity contribution in [3.8, 4) is 5.75 Å². The molecule has 26 heavy (non-hydrogen) atoms. The maximum Gasteiger partial charge on any atom is 0.335 e. The molecule has 1 aromatic carbocycles. The summed E-state index contributed by atoms with van der Waals surface area (Å²) in [5.41, 5.74) is 1.04. The first-order chi connectivity index (χ1) is 12.5. The van der Waals surface area contributed by atoms with Crippen molar-refractivity contribution in [1.29, 1.82) is 0 Å². The van der Waals surface area contributed by atoms with Crippen molar-refractivity contribution in [3.05, 3.63) is 29.8 Å². The fourth-order valence-electron chi connectivity index (χ4n) is 3.59. The summed E-state index contributed by atoms with van der Waals surface area (Å²) in [5, 5.41) is 0. The Balaban J connectivity index is 1.61. The third-order valence-electron chi connectivity index (χ3n) is 4.84. The predicted octanol–water partition coefficient (Wildman–Crippen LogP) is 2.21. The van der Waals surface area contributed by atoms with Crippen LogP contribution in [0.15, 0.2) is 24.3 Å². The minimum atomic E-state index is -0.722. The van der Waals surface area contributed by atoms with Crippen molar-refractivity contribution in [2.45, 2.75) is 45.2 Å². The summed E-state index contributed by atoms with van der Waals surface area (Å²) in [5.74, 6) is -0.599. The van der Waals surface area contributed by atoms with Crippen LogP contribution in [0.25, 0.3) is 0 Å². The molecule has 0 N–H and O–H groups in total. The predicted molar refractivity (Wildman–Crippen MR) is 95.3 cm³/mol. The van der Waals surface area contributed by atoms with Gasteiger partial charge >= 0.3 is 17.8 Å². The topological polar surface area (TPSA) is 70.2 Å². The van der Waals surface area contributed by atoms with Crippen molar-refractivity contribution in [3.63, 3.8) is 0 Å². The molecule has 0 bridgehead atoms. The Bertz CT molecular complexity index is 683. The van der Waals surface area contributed by atoms with Gasteiger partial charge in [-0.25, -0.2) is 9.69 Å². The highest BCUT2D eigenvalue weighted by atomic mass is 16.5. The maximum atomic E-state index is 12.6. The van der Waals surface area contributed by atoms with Gasteiger partial charge in [0, 0.05) is 12.6 Å². The Labute approximate surface area is 153 Å². The Hall–Kier alpha value is -2.41. The summed E-state index contributed by atoms with van der Waals surface area (Å²) in [4.78, 5) is 41.1. The fourth-order valence-corrected chi connectivity index (χ4v) is 3.59. The van der Waals surface area contributed by atoms with Gasteiger partial charge in [0.15, 0.2) is 0 Å². The van der Waals surface area contributed by atoms with Crippen LogP contribution in [-0.4, -0.2) is 58.9 Å². The molecule has 0 spiro atoms. The summed E-state index contributed by atoms with van der Waals surface area (Å²) in [6, 6.07) is 7.08. The molecule has 0 unspecified atom stereocenters. The summed E-state index contributed by atoms with van der Waals surface area (Å²) in [6.07, 6.45) is 3.57. The highest BCUT2D eigenvalue weighted by Crippen LogP contribution is 2.27. The molecule has 0 aromatic heterocycles. The van der Waals surface area contributed by atoms with E-state index in [2.05, 4.69) is 0 Å². The first kappa shape index (κ1) is 18.4. The Morgan fingerprint density at radius 3 is 2.35 bits per heavy atom. The number of hydrogen-bond acceptors (Lipinski definition) is 5. The number of carbonyl (C=O) groups excluding carboxylic acids is 3. The second-order valence-corrected chi connectivity index (χ2v) is 6.86. The lowest BCUT2D eigenvalue weighted by atomic mass is 10.2. The summed E-state index contributed by atoms with van der Waals surface area (Å²) in [7, 11) is 1.82. The highest BCUT2D eigenvalue weighted by molar-refractivity contribution is 6.44. The summed E-state index contributed by atoms with van der Waals surface area (Å²) in [6.45, 7) is 3.20. The van der Waals surface area contributed by atoms with Gasteiger partial charge in [0.1, 0.15) is 5.75 Å². The standard InChI is InChI=1S/C19H25N3O4/c1-3-26-16-10-8-14(9-11-16)12-20(2)13-21-17(23)18(24)22(19(21)25)15-6-4-5-7-15/h8-11,15H,3-7,12-13H2,1-2H3. The van der Waals surface area contributed by atoms with Crippen molar-refractivity contribution in [2.75, 3.05) is 20.3 Å². The number of carbonyl (C=O) groups is 3. The largest absolute Gasteiger partial charge is 0.494 e. The third-order valence-corrected chi connectivity index (χ3v) is 4.84. The SMILES string of the molecule is CCOc1ccc(CN(C)CN2C(=O)C(=O)N(C3CCCC3)C2=O)cc1. The van der Waals surface area contributed by atoms with Gasteiger partial charge in [-0.15, -0.1) is 0 Å². The number of imide groups is 2. The molecule has 2 fully saturated rings. The molecule has 140 valence electrons. The molecule has 2 aliphatic rings. The fraction of sp³-hybridized carbons (Fsp3) is 0.526. The summed E-state index contributed by atoms with van der Waals surface area (Å²) >= 11 is 0. The smallest absolute Gasteiger partial charge is 0.335 e. The zero-order chi connectivity index (χ0) is 18.7. The molecule has 0 atom stereocenters. The first-order valence-corrected chi connectivity index (χ1v) is 9.10. The van der Waals surface area contributed by atoms with Crippen molar-refractivity contribution in [2.24, 2.45) is 0 Å². The maximum absolute atomic E-state index is 12.6. The van der Waals surface area contributed by atoms with E-state index >= 15 is 0 Å². The van der Waals surface area contributed by atoms with E-state index in [4.69, 9.17) is 4.74 Å². The van der Waals surface area contributed by atoms with Crippen LogP contribution in [0.3, 0.4) is 0 Å². The van der Waals surface area contributed by atoms with E-state index in [1.54, 1.807) is 0 Å². The van der Waals surface area contributed by atoms with E-state index in [1.807, 2.05) is 43.1 Å². The molecule has 1 heterocycles. The summed E-state index contributed by atoms with van der Waals surface area (Å²) < 4.78 is 5.42. The zero-order valence-corrected chi connectivity index (χ0v) is 15.3. The van der Waals surface area contributed by atoms with E-state index in [-0.39, 0.29) is 12.7 Å². The Kier molecular flexibility index (Phi) is 5.56. The zero-order valence-electron chi connectivity index (χ0n) is 15.3. The number of nitrogens with zero attached hydrogens (tertiary/aromatic N) is 3. The lowest BCUT2D eigenvalue weighted by Gasteiger charge is -2.24. The minimum absolute atomic E-state index is 0.0971.